The minimum Gasteiger partial charge on any atom is -0.349 e. The molecule has 0 aliphatic heterocycles. The molecule has 0 atom stereocenters. The zero-order chi connectivity index (χ0) is 12.6. The molecule has 96 valence electrons. The molecule has 1 aliphatic rings. The predicted octanol–water partition coefficient (Wildman–Crippen LogP) is 3.14. The maximum atomic E-state index is 5.76. The van der Waals surface area contributed by atoms with Crippen LogP contribution in [0.25, 0.3) is 0 Å². The van der Waals surface area contributed by atoms with Gasteiger partial charge in [0.2, 0.25) is 0 Å². The second kappa shape index (κ2) is 4.49. The molecule has 0 unspecified atom stereocenters. The van der Waals surface area contributed by atoms with Crippen LogP contribution >= 0.6 is 0 Å². The highest BCUT2D eigenvalue weighted by Crippen LogP contribution is 2.52. The Morgan fingerprint density at radius 3 is 2.47 bits per heavy atom. The van der Waals surface area contributed by atoms with Crippen molar-refractivity contribution in [3.8, 4) is 0 Å². The van der Waals surface area contributed by atoms with E-state index in [4.69, 9.17) is 5.73 Å². The van der Waals surface area contributed by atoms with Crippen molar-refractivity contribution in [2.75, 3.05) is 6.54 Å². The van der Waals surface area contributed by atoms with E-state index in [2.05, 4.69) is 38.3 Å². The molecule has 0 aromatic carbocycles. The summed E-state index contributed by atoms with van der Waals surface area (Å²) in [4.78, 5) is 0. The van der Waals surface area contributed by atoms with Crippen LogP contribution in [0.3, 0.4) is 0 Å². The van der Waals surface area contributed by atoms with E-state index < -0.39 is 0 Å². The zero-order valence-electron chi connectivity index (χ0n) is 11.7. The van der Waals surface area contributed by atoms with Gasteiger partial charge in [0.15, 0.2) is 0 Å². The Bertz CT molecular complexity index is 397. The lowest BCUT2D eigenvalue weighted by molar-refractivity contribution is 0.505. The van der Waals surface area contributed by atoms with Gasteiger partial charge in [-0.2, -0.15) is 0 Å². The molecule has 0 amide bonds. The molecule has 1 aromatic rings. The molecule has 0 bridgehead atoms. The highest BCUT2D eigenvalue weighted by Gasteiger charge is 2.45. The molecule has 0 radical (unpaired) electrons. The van der Waals surface area contributed by atoms with Crippen molar-refractivity contribution in [1.29, 1.82) is 0 Å². The molecular formula is C15H26N2. The lowest BCUT2D eigenvalue weighted by Gasteiger charge is -2.16. The Labute approximate surface area is 105 Å². The van der Waals surface area contributed by atoms with Gasteiger partial charge in [-0.15, -0.1) is 0 Å². The van der Waals surface area contributed by atoms with Crippen LogP contribution in [0, 0.1) is 19.8 Å². The van der Waals surface area contributed by atoms with Gasteiger partial charge in [0, 0.05) is 17.9 Å². The lowest BCUT2D eigenvalue weighted by atomic mass is 9.92. The number of aryl methyl sites for hydroxylation is 1. The largest absolute Gasteiger partial charge is 0.349 e. The highest BCUT2D eigenvalue weighted by atomic mass is 15.0. The van der Waals surface area contributed by atoms with Gasteiger partial charge in [0.25, 0.3) is 0 Å². The fourth-order valence-corrected chi connectivity index (χ4v) is 3.07. The number of hydrogen-bond acceptors (Lipinski definition) is 1. The van der Waals surface area contributed by atoms with Crippen molar-refractivity contribution in [2.45, 2.75) is 58.9 Å². The fourth-order valence-electron chi connectivity index (χ4n) is 3.07. The third-order valence-corrected chi connectivity index (χ3v) is 4.17. The Kier molecular flexibility index (Phi) is 3.35. The van der Waals surface area contributed by atoms with Gasteiger partial charge < -0.3 is 10.3 Å². The van der Waals surface area contributed by atoms with Gasteiger partial charge in [-0.25, -0.2) is 0 Å². The third kappa shape index (κ3) is 2.28. The topological polar surface area (TPSA) is 30.9 Å². The van der Waals surface area contributed by atoms with Crippen LogP contribution in [0.5, 0.6) is 0 Å². The molecule has 2 nitrogen and oxygen atoms in total. The van der Waals surface area contributed by atoms with Crippen molar-refractivity contribution in [1.82, 2.24) is 4.57 Å². The summed E-state index contributed by atoms with van der Waals surface area (Å²) >= 11 is 0. The predicted molar refractivity (Wildman–Crippen MR) is 73.3 cm³/mol. The standard InChI is InChI=1S/C15H26N2/c1-11(2)10-17-12(3)9-14(13(17)4)15(5-6-15)7-8-16/h9,11H,5-8,10,16H2,1-4H3. The van der Waals surface area contributed by atoms with Crippen molar-refractivity contribution in [2.24, 2.45) is 11.7 Å². The third-order valence-electron chi connectivity index (χ3n) is 4.17. The summed E-state index contributed by atoms with van der Waals surface area (Å²) in [5.74, 6) is 0.706. The molecule has 1 heterocycles. The molecule has 1 fully saturated rings. The van der Waals surface area contributed by atoms with E-state index in [0.29, 0.717) is 11.3 Å². The fraction of sp³-hybridized carbons (Fsp3) is 0.733. The average Bonchev–Trinajstić information content (AvgIpc) is 2.97. The van der Waals surface area contributed by atoms with Crippen LogP contribution in [0.15, 0.2) is 6.07 Å². The normalized spacial score (nSPS) is 17.8. The van der Waals surface area contributed by atoms with Gasteiger partial charge in [-0.1, -0.05) is 13.8 Å². The van der Waals surface area contributed by atoms with Gasteiger partial charge in [-0.3, -0.25) is 0 Å². The summed E-state index contributed by atoms with van der Waals surface area (Å²) in [5, 5.41) is 0. The summed E-state index contributed by atoms with van der Waals surface area (Å²) in [6.07, 6.45) is 3.81. The minimum absolute atomic E-state index is 0.436. The van der Waals surface area contributed by atoms with E-state index >= 15 is 0 Å². The zero-order valence-corrected chi connectivity index (χ0v) is 11.7. The van der Waals surface area contributed by atoms with Gasteiger partial charge in [0.1, 0.15) is 0 Å². The number of aromatic nitrogens is 1. The van der Waals surface area contributed by atoms with Crippen LogP contribution in [-0.4, -0.2) is 11.1 Å². The number of rotatable bonds is 5. The first-order valence-electron chi connectivity index (χ1n) is 6.87. The van der Waals surface area contributed by atoms with E-state index in [1.807, 2.05) is 0 Å². The maximum Gasteiger partial charge on any atom is 0.0247 e. The van der Waals surface area contributed by atoms with Crippen LogP contribution in [0.2, 0.25) is 0 Å². The monoisotopic (exact) mass is 234 g/mol. The van der Waals surface area contributed by atoms with E-state index in [1.165, 1.54) is 24.2 Å². The van der Waals surface area contributed by atoms with Crippen LogP contribution in [-0.2, 0) is 12.0 Å². The van der Waals surface area contributed by atoms with Crippen LogP contribution in [0.1, 0.15) is 50.1 Å². The quantitative estimate of drug-likeness (QED) is 0.833. The summed E-state index contributed by atoms with van der Waals surface area (Å²) in [5.41, 5.74) is 10.7. The number of nitrogens with two attached hydrogens (primary N) is 1. The summed E-state index contributed by atoms with van der Waals surface area (Å²) in [6, 6.07) is 2.40. The van der Waals surface area contributed by atoms with Crippen molar-refractivity contribution in [3.05, 3.63) is 23.0 Å². The second-order valence-corrected chi connectivity index (χ2v) is 6.11. The van der Waals surface area contributed by atoms with Crippen molar-refractivity contribution in [3.63, 3.8) is 0 Å². The van der Waals surface area contributed by atoms with Gasteiger partial charge in [0.05, 0.1) is 0 Å². The van der Waals surface area contributed by atoms with E-state index in [1.54, 1.807) is 5.56 Å². The van der Waals surface area contributed by atoms with E-state index in [-0.39, 0.29) is 0 Å². The van der Waals surface area contributed by atoms with E-state index in [0.717, 1.165) is 19.5 Å². The van der Waals surface area contributed by atoms with Gasteiger partial charge >= 0.3 is 0 Å². The van der Waals surface area contributed by atoms with Crippen molar-refractivity contribution >= 4 is 0 Å². The SMILES string of the molecule is Cc1cc(C2(CCN)CC2)c(C)n1CC(C)C. The Hall–Kier alpha value is -0.760. The van der Waals surface area contributed by atoms with Gasteiger partial charge in [-0.05, 0) is 62.6 Å². The minimum atomic E-state index is 0.436. The molecule has 0 spiro atoms. The molecule has 2 heteroatoms. The highest BCUT2D eigenvalue weighted by molar-refractivity contribution is 5.38. The summed E-state index contributed by atoms with van der Waals surface area (Å²) in [7, 11) is 0. The molecular weight excluding hydrogens is 208 g/mol. The molecule has 1 aliphatic carbocycles. The summed E-state index contributed by atoms with van der Waals surface area (Å²) in [6.45, 7) is 11.0. The Morgan fingerprint density at radius 1 is 1.35 bits per heavy atom. The molecule has 1 saturated carbocycles. The second-order valence-electron chi connectivity index (χ2n) is 6.11. The van der Waals surface area contributed by atoms with Crippen LogP contribution < -0.4 is 5.73 Å². The Morgan fingerprint density at radius 2 is 2.00 bits per heavy atom. The maximum absolute atomic E-state index is 5.76. The first-order chi connectivity index (χ1) is 8.00. The molecule has 2 rings (SSSR count). The summed E-state index contributed by atoms with van der Waals surface area (Å²) < 4.78 is 2.48. The van der Waals surface area contributed by atoms with E-state index in [9.17, 15) is 0 Å². The molecule has 0 saturated heterocycles. The van der Waals surface area contributed by atoms with Crippen LogP contribution in [0.4, 0.5) is 0 Å². The van der Waals surface area contributed by atoms with Crippen molar-refractivity contribution < 1.29 is 0 Å². The first kappa shape index (κ1) is 12.7. The first-order valence-corrected chi connectivity index (χ1v) is 6.87. The number of hydrogen-bond donors (Lipinski definition) is 1. The lowest BCUT2D eigenvalue weighted by Crippen LogP contribution is -2.15. The number of nitrogens with zero attached hydrogens (tertiary/aromatic N) is 1. The molecule has 17 heavy (non-hydrogen) atoms. The molecule has 2 N–H and O–H groups in total. The Balaban J connectivity index is 2.31. The smallest absolute Gasteiger partial charge is 0.0247 e. The average molecular weight is 234 g/mol. The molecule has 1 aromatic heterocycles.